The Balaban J connectivity index is 1.34. The second-order valence-electron chi connectivity index (χ2n) is 7.84. The second kappa shape index (κ2) is 10.4. The second-order valence-corrected chi connectivity index (χ2v) is 7.84. The molecule has 4 rings (SSSR count). The van der Waals surface area contributed by atoms with E-state index in [1.165, 1.54) is 30.6 Å². The summed E-state index contributed by atoms with van der Waals surface area (Å²) in [5.74, 6) is -0.655. The summed E-state index contributed by atoms with van der Waals surface area (Å²) in [4.78, 5) is 22.9. The number of hydrogen-bond donors (Lipinski definition) is 2. The van der Waals surface area contributed by atoms with Gasteiger partial charge in [0.2, 0.25) is 5.91 Å². The van der Waals surface area contributed by atoms with E-state index in [4.69, 9.17) is 0 Å². The number of carbonyl (C=O) groups is 1. The molecule has 0 aliphatic carbocycles. The van der Waals surface area contributed by atoms with Crippen LogP contribution >= 0.6 is 0 Å². The molecule has 1 aromatic heterocycles. The van der Waals surface area contributed by atoms with Gasteiger partial charge in [0.05, 0.1) is 12.0 Å². The molecular weight excluding hydrogens is 412 g/mol. The lowest BCUT2D eigenvalue weighted by Gasteiger charge is -2.27. The summed E-state index contributed by atoms with van der Waals surface area (Å²) >= 11 is 0. The summed E-state index contributed by atoms with van der Waals surface area (Å²) in [6, 6.07) is 11.2. The van der Waals surface area contributed by atoms with Gasteiger partial charge in [0.25, 0.3) is 0 Å². The molecule has 0 bridgehead atoms. The average molecular weight is 437 g/mol. The highest BCUT2D eigenvalue weighted by Crippen LogP contribution is 2.21. The third-order valence-electron chi connectivity index (χ3n) is 5.34. The molecule has 1 amide bonds. The lowest BCUT2D eigenvalue weighted by Crippen LogP contribution is -2.42. The van der Waals surface area contributed by atoms with Crippen LogP contribution in [0.3, 0.4) is 0 Å². The minimum absolute atomic E-state index is 0.0850. The van der Waals surface area contributed by atoms with E-state index in [1.54, 1.807) is 18.2 Å². The van der Waals surface area contributed by atoms with Gasteiger partial charge in [-0.05, 0) is 41.0 Å². The first kappa shape index (κ1) is 22.0. The third kappa shape index (κ3) is 5.93. The molecule has 1 fully saturated rings. The van der Waals surface area contributed by atoms with Crippen LogP contribution in [0.1, 0.15) is 16.7 Å². The highest BCUT2D eigenvalue weighted by atomic mass is 19.1. The van der Waals surface area contributed by atoms with E-state index in [9.17, 15) is 13.6 Å². The fraction of sp³-hybridized carbons (Fsp3) is 0.292. The van der Waals surface area contributed by atoms with Gasteiger partial charge >= 0.3 is 0 Å². The number of halogens is 2. The molecule has 1 saturated heterocycles. The molecule has 1 aliphatic rings. The maximum atomic E-state index is 14.7. The van der Waals surface area contributed by atoms with Gasteiger partial charge < -0.3 is 10.6 Å². The molecule has 0 radical (unpaired) electrons. The molecule has 6 nitrogen and oxygen atoms in total. The standard InChI is InChI=1S/C24H25F2N5O/c25-20-3-1-2-17(10-20)13-28-23(32)12-19-14-29-24(30-15-19)21-5-4-18(11-22(21)26)16-31-8-6-27-7-9-31/h1-5,10-11,14-15,27H,6-9,12-13,16H2,(H,28,32). The van der Waals surface area contributed by atoms with E-state index in [-0.39, 0.29) is 36.3 Å². The van der Waals surface area contributed by atoms with E-state index in [2.05, 4.69) is 25.5 Å². The third-order valence-corrected chi connectivity index (χ3v) is 5.34. The monoisotopic (exact) mass is 437 g/mol. The molecular formula is C24H25F2N5O. The molecule has 0 spiro atoms. The number of hydrogen-bond acceptors (Lipinski definition) is 5. The van der Waals surface area contributed by atoms with Crippen LogP contribution in [-0.2, 0) is 24.3 Å². The van der Waals surface area contributed by atoms with Crippen LogP contribution in [0.25, 0.3) is 11.4 Å². The van der Waals surface area contributed by atoms with Crippen molar-refractivity contribution in [2.24, 2.45) is 0 Å². The van der Waals surface area contributed by atoms with Crippen molar-refractivity contribution in [1.82, 2.24) is 25.5 Å². The summed E-state index contributed by atoms with van der Waals surface area (Å²) in [7, 11) is 0. The number of amides is 1. The largest absolute Gasteiger partial charge is 0.352 e. The summed E-state index contributed by atoms with van der Waals surface area (Å²) < 4.78 is 27.9. The van der Waals surface area contributed by atoms with Gasteiger partial charge in [-0.15, -0.1) is 0 Å². The predicted molar refractivity (Wildman–Crippen MR) is 118 cm³/mol. The minimum Gasteiger partial charge on any atom is -0.352 e. The van der Waals surface area contributed by atoms with Crippen LogP contribution in [0.2, 0.25) is 0 Å². The van der Waals surface area contributed by atoms with Crippen molar-refractivity contribution in [3.05, 3.63) is 83.2 Å². The van der Waals surface area contributed by atoms with Gasteiger partial charge in [0.1, 0.15) is 11.6 Å². The Bertz CT molecular complexity index is 1070. The van der Waals surface area contributed by atoms with Gasteiger partial charge in [-0.1, -0.05) is 18.2 Å². The van der Waals surface area contributed by atoms with Crippen LogP contribution < -0.4 is 10.6 Å². The van der Waals surface area contributed by atoms with Crippen molar-refractivity contribution >= 4 is 5.91 Å². The first-order valence-electron chi connectivity index (χ1n) is 10.6. The molecule has 2 heterocycles. The molecule has 2 aromatic carbocycles. The van der Waals surface area contributed by atoms with E-state index >= 15 is 0 Å². The zero-order chi connectivity index (χ0) is 22.3. The van der Waals surface area contributed by atoms with Gasteiger partial charge in [0, 0.05) is 51.7 Å². The number of carbonyl (C=O) groups excluding carboxylic acids is 1. The quantitative estimate of drug-likeness (QED) is 0.595. The lowest BCUT2D eigenvalue weighted by molar-refractivity contribution is -0.120. The van der Waals surface area contributed by atoms with Gasteiger partial charge in [-0.3, -0.25) is 9.69 Å². The molecule has 8 heteroatoms. The molecule has 0 saturated carbocycles. The topological polar surface area (TPSA) is 70.2 Å². The van der Waals surface area contributed by atoms with Crippen LogP contribution in [0.15, 0.2) is 54.9 Å². The maximum absolute atomic E-state index is 14.7. The summed E-state index contributed by atoms with van der Waals surface area (Å²) in [5, 5.41) is 6.04. The Morgan fingerprint density at radius 3 is 2.50 bits per heavy atom. The van der Waals surface area contributed by atoms with Crippen molar-refractivity contribution < 1.29 is 13.6 Å². The normalized spacial score (nSPS) is 14.3. The zero-order valence-electron chi connectivity index (χ0n) is 17.7. The predicted octanol–water partition coefficient (Wildman–Crippen LogP) is 2.69. The Kier molecular flexibility index (Phi) is 7.14. The van der Waals surface area contributed by atoms with E-state index in [0.29, 0.717) is 23.2 Å². The molecule has 32 heavy (non-hydrogen) atoms. The highest BCUT2D eigenvalue weighted by Gasteiger charge is 2.13. The molecule has 1 aliphatic heterocycles. The number of nitrogens with zero attached hydrogens (tertiary/aromatic N) is 3. The summed E-state index contributed by atoms with van der Waals surface area (Å²) in [6.45, 7) is 4.74. The fourth-order valence-corrected chi connectivity index (χ4v) is 3.65. The van der Waals surface area contributed by atoms with E-state index in [0.717, 1.165) is 31.7 Å². The first-order valence-corrected chi connectivity index (χ1v) is 10.6. The van der Waals surface area contributed by atoms with Gasteiger partial charge in [-0.25, -0.2) is 18.7 Å². The van der Waals surface area contributed by atoms with Crippen molar-refractivity contribution in [2.75, 3.05) is 26.2 Å². The number of rotatable bonds is 7. The summed E-state index contributed by atoms with van der Waals surface area (Å²) in [6.07, 6.45) is 3.14. The van der Waals surface area contributed by atoms with Gasteiger partial charge in [-0.2, -0.15) is 0 Å². The molecule has 0 unspecified atom stereocenters. The molecule has 166 valence electrons. The van der Waals surface area contributed by atoms with Crippen LogP contribution in [0, 0.1) is 11.6 Å². The molecule has 0 atom stereocenters. The summed E-state index contributed by atoms with van der Waals surface area (Å²) in [5.41, 5.74) is 2.54. The first-order chi connectivity index (χ1) is 15.6. The van der Waals surface area contributed by atoms with Crippen molar-refractivity contribution in [3.8, 4) is 11.4 Å². The number of nitrogens with one attached hydrogen (secondary N) is 2. The maximum Gasteiger partial charge on any atom is 0.224 e. The van der Waals surface area contributed by atoms with Gasteiger partial charge in [0.15, 0.2) is 5.82 Å². The molecule has 3 aromatic rings. The SMILES string of the molecule is O=C(Cc1cnc(-c2ccc(CN3CCNCC3)cc2F)nc1)NCc1cccc(F)c1. The zero-order valence-corrected chi connectivity index (χ0v) is 17.7. The Labute approximate surface area is 185 Å². The molecule has 2 N–H and O–H groups in total. The number of benzene rings is 2. The van der Waals surface area contributed by atoms with Crippen molar-refractivity contribution in [2.45, 2.75) is 19.5 Å². The Hall–Kier alpha value is -3.23. The Morgan fingerprint density at radius 2 is 1.78 bits per heavy atom. The van der Waals surface area contributed by atoms with Crippen LogP contribution in [-0.4, -0.2) is 47.0 Å². The average Bonchev–Trinajstić information content (AvgIpc) is 2.79. The number of piperazine rings is 1. The lowest BCUT2D eigenvalue weighted by atomic mass is 10.1. The minimum atomic E-state index is -0.363. The Morgan fingerprint density at radius 1 is 1.00 bits per heavy atom. The van der Waals surface area contributed by atoms with Crippen molar-refractivity contribution in [1.29, 1.82) is 0 Å². The highest BCUT2D eigenvalue weighted by molar-refractivity contribution is 5.78. The van der Waals surface area contributed by atoms with Crippen molar-refractivity contribution in [3.63, 3.8) is 0 Å². The van der Waals surface area contributed by atoms with E-state index in [1.807, 2.05) is 6.07 Å². The number of aromatic nitrogens is 2. The smallest absolute Gasteiger partial charge is 0.224 e. The van der Waals surface area contributed by atoms with Crippen LogP contribution in [0.4, 0.5) is 8.78 Å². The van der Waals surface area contributed by atoms with E-state index < -0.39 is 0 Å². The fourth-order valence-electron chi connectivity index (χ4n) is 3.65. The van der Waals surface area contributed by atoms with Crippen LogP contribution in [0.5, 0.6) is 0 Å².